The average molecular weight is 221 g/mol. The van der Waals surface area contributed by atoms with Crippen LogP contribution in [0, 0.1) is 0 Å². The highest BCUT2D eigenvalue weighted by Crippen LogP contribution is 2.10. The van der Waals surface area contributed by atoms with Crippen molar-refractivity contribution in [2.75, 3.05) is 32.8 Å². The lowest BCUT2D eigenvalue weighted by Crippen LogP contribution is -2.37. The predicted molar refractivity (Wildman–Crippen MR) is 62.8 cm³/mol. The van der Waals surface area contributed by atoms with E-state index in [0.29, 0.717) is 19.8 Å². The summed E-state index contributed by atoms with van der Waals surface area (Å²) in [5.41, 5.74) is 0.910. The van der Waals surface area contributed by atoms with Gasteiger partial charge in [-0.25, -0.2) is 4.39 Å². The monoisotopic (exact) mass is 221 g/mol. The van der Waals surface area contributed by atoms with E-state index in [1.54, 1.807) is 6.08 Å². The third-order valence-electron chi connectivity index (χ3n) is 2.60. The van der Waals surface area contributed by atoms with Gasteiger partial charge in [0, 0.05) is 13.1 Å². The van der Waals surface area contributed by atoms with Crippen molar-refractivity contribution in [1.29, 1.82) is 0 Å². The minimum Gasteiger partial charge on any atom is -0.379 e. The number of rotatable bonds is 3. The normalized spacial score (nSPS) is 18.7. The number of halogens is 1. The van der Waals surface area contributed by atoms with E-state index in [1.807, 2.05) is 30.3 Å². The van der Waals surface area contributed by atoms with E-state index in [2.05, 4.69) is 4.90 Å². The largest absolute Gasteiger partial charge is 0.379 e. The fourth-order valence-corrected chi connectivity index (χ4v) is 1.75. The Morgan fingerprint density at radius 2 is 1.94 bits per heavy atom. The van der Waals surface area contributed by atoms with Gasteiger partial charge < -0.3 is 4.74 Å². The summed E-state index contributed by atoms with van der Waals surface area (Å²) in [5.74, 6) is -0.0897. The number of hydrogen-bond acceptors (Lipinski definition) is 2. The standard InChI is InChI=1S/C13H16FNO/c14-13(10-12-4-2-1-3-5-12)11-15-6-8-16-9-7-15/h1-5,10H,6-9,11H2. The summed E-state index contributed by atoms with van der Waals surface area (Å²) in [6.07, 6.45) is 1.59. The first-order valence-electron chi connectivity index (χ1n) is 5.56. The molecule has 1 heterocycles. The van der Waals surface area contributed by atoms with E-state index in [-0.39, 0.29) is 5.83 Å². The van der Waals surface area contributed by atoms with Gasteiger partial charge in [0.05, 0.1) is 19.8 Å². The van der Waals surface area contributed by atoms with E-state index in [4.69, 9.17) is 4.74 Å². The maximum absolute atomic E-state index is 13.7. The Labute approximate surface area is 95.3 Å². The van der Waals surface area contributed by atoms with Crippen molar-refractivity contribution in [2.24, 2.45) is 0 Å². The van der Waals surface area contributed by atoms with Crippen LogP contribution in [0.3, 0.4) is 0 Å². The van der Waals surface area contributed by atoms with Crippen LogP contribution in [0.25, 0.3) is 6.08 Å². The molecule has 1 aromatic carbocycles. The van der Waals surface area contributed by atoms with Crippen LogP contribution in [0.5, 0.6) is 0 Å². The molecule has 0 radical (unpaired) electrons. The maximum Gasteiger partial charge on any atom is 0.114 e. The Bertz CT molecular complexity index is 344. The Kier molecular flexibility index (Phi) is 4.08. The van der Waals surface area contributed by atoms with Crippen LogP contribution in [0.1, 0.15) is 5.56 Å². The first-order valence-corrected chi connectivity index (χ1v) is 5.56. The van der Waals surface area contributed by atoms with Crippen molar-refractivity contribution in [2.45, 2.75) is 0 Å². The van der Waals surface area contributed by atoms with Crippen molar-refractivity contribution in [1.82, 2.24) is 4.90 Å². The molecule has 0 bridgehead atoms. The van der Waals surface area contributed by atoms with E-state index >= 15 is 0 Å². The minimum atomic E-state index is -0.0897. The molecule has 1 aliphatic rings. The Hall–Kier alpha value is -1.19. The summed E-state index contributed by atoms with van der Waals surface area (Å²) in [4.78, 5) is 2.07. The second-order valence-corrected chi connectivity index (χ2v) is 3.89. The van der Waals surface area contributed by atoms with Gasteiger partial charge in [0.15, 0.2) is 0 Å². The average Bonchev–Trinajstić information content (AvgIpc) is 2.31. The molecule has 2 nitrogen and oxygen atoms in total. The van der Waals surface area contributed by atoms with Crippen LogP contribution in [-0.4, -0.2) is 37.7 Å². The van der Waals surface area contributed by atoms with Gasteiger partial charge in [0.25, 0.3) is 0 Å². The van der Waals surface area contributed by atoms with Gasteiger partial charge in [0.2, 0.25) is 0 Å². The molecule has 1 aliphatic heterocycles. The zero-order valence-electron chi connectivity index (χ0n) is 9.23. The lowest BCUT2D eigenvalue weighted by molar-refractivity contribution is 0.0402. The van der Waals surface area contributed by atoms with Crippen molar-refractivity contribution < 1.29 is 9.13 Å². The van der Waals surface area contributed by atoms with Gasteiger partial charge in [-0.2, -0.15) is 0 Å². The molecular formula is C13H16FNO. The molecule has 0 saturated carbocycles. The molecule has 0 aromatic heterocycles. The highest BCUT2D eigenvalue weighted by atomic mass is 19.1. The SMILES string of the molecule is FC(=Cc1ccccc1)CN1CCOCC1. The molecule has 0 amide bonds. The molecule has 0 spiro atoms. The van der Waals surface area contributed by atoms with Gasteiger partial charge in [-0.15, -0.1) is 0 Å². The van der Waals surface area contributed by atoms with Crippen LogP contribution in [0.15, 0.2) is 36.2 Å². The zero-order valence-corrected chi connectivity index (χ0v) is 9.23. The summed E-state index contributed by atoms with van der Waals surface area (Å²) in [5, 5.41) is 0. The van der Waals surface area contributed by atoms with Gasteiger partial charge in [-0.1, -0.05) is 30.3 Å². The topological polar surface area (TPSA) is 12.5 Å². The van der Waals surface area contributed by atoms with Crippen LogP contribution >= 0.6 is 0 Å². The van der Waals surface area contributed by atoms with Crippen molar-refractivity contribution in [3.05, 3.63) is 41.7 Å². The highest BCUT2D eigenvalue weighted by Gasteiger charge is 2.11. The van der Waals surface area contributed by atoms with E-state index in [1.165, 1.54) is 0 Å². The van der Waals surface area contributed by atoms with Gasteiger partial charge in [-0.3, -0.25) is 4.90 Å². The number of hydrogen-bond donors (Lipinski definition) is 0. The second kappa shape index (κ2) is 5.77. The molecule has 16 heavy (non-hydrogen) atoms. The fourth-order valence-electron chi connectivity index (χ4n) is 1.75. The predicted octanol–water partition coefficient (Wildman–Crippen LogP) is 2.33. The van der Waals surface area contributed by atoms with Gasteiger partial charge >= 0.3 is 0 Å². The molecule has 0 N–H and O–H groups in total. The smallest absolute Gasteiger partial charge is 0.114 e. The highest BCUT2D eigenvalue weighted by molar-refractivity contribution is 5.51. The molecule has 1 saturated heterocycles. The number of ether oxygens (including phenoxy) is 1. The van der Waals surface area contributed by atoms with Crippen LogP contribution in [-0.2, 0) is 4.74 Å². The maximum atomic E-state index is 13.7. The third kappa shape index (κ3) is 3.43. The van der Waals surface area contributed by atoms with Crippen LogP contribution < -0.4 is 0 Å². The first kappa shape index (κ1) is 11.3. The molecule has 86 valence electrons. The summed E-state index contributed by atoms with van der Waals surface area (Å²) in [7, 11) is 0. The van der Waals surface area contributed by atoms with Crippen molar-refractivity contribution >= 4 is 6.08 Å². The molecule has 0 unspecified atom stereocenters. The van der Waals surface area contributed by atoms with Crippen LogP contribution in [0.2, 0.25) is 0 Å². The molecule has 2 rings (SSSR count). The molecule has 0 atom stereocenters. The van der Waals surface area contributed by atoms with E-state index in [9.17, 15) is 4.39 Å². The Balaban J connectivity index is 1.91. The number of nitrogens with zero attached hydrogens (tertiary/aromatic N) is 1. The first-order chi connectivity index (χ1) is 7.84. The third-order valence-corrected chi connectivity index (χ3v) is 2.60. The molecule has 1 aromatic rings. The lowest BCUT2D eigenvalue weighted by Gasteiger charge is -2.25. The molecule has 0 aliphatic carbocycles. The van der Waals surface area contributed by atoms with E-state index in [0.717, 1.165) is 18.7 Å². The Morgan fingerprint density at radius 3 is 2.62 bits per heavy atom. The summed E-state index contributed by atoms with van der Waals surface area (Å²) < 4.78 is 18.9. The number of benzene rings is 1. The molecular weight excluding hydrogens is 205 g/mol. The fraction of sp³-hybridized carbons (Fsp3) is 0.385. The molecule has 3 heteroatoms. The minimum absolute atomic E-state index is 0.0897. The molecule has 1 fully saturated rings. The summed E-state index contributed by atoms with van der Waals surface area (Å²) in [6, 6.07) is 9.55. The second-order valence-electron chi connectivity index (χ2n) is 3.89. The number of morpholine rings is 1. The summed E-state index contributed by atoms with van der Waals surface area (Å²) in [6.45, 7) is 3.43. The van der Waals surface area contributed by atoms with Gasteiger partial charge in [-0.05, 0) is 11.6 Å². The van der Waals surface area contributed by atoms with E-state index < -0.39 is 0 Å². The Morgan fingerprint density at radius 1 is 1.25 bits per heavy atom. The van der Waals surface area contributed by atoms with Crippen LogP contribution in [0.4, 0.5) is 4.39 Å². The zero-order chi connectivity index (χ0) is 11.2. The lowest BCUT2D eigenvalue weighted by atomic mass is 10.2. The quantitative estimate of drug-likeness (QED) is 0.776. The summed E-state index contributed by atoms with van der Waals surface area (Å²) >= 11 is 0. The van der Waals surface area contributed by atoms with Crippen molar-refractivity contribution in [3.63, 3.8) is 0 Å². The van der Waals surface area contributed by atoms with Gasteiger partial charge in [0.1, 0.15) is 5.83 Å². The van der Waals surface area contributed by atoms with Crippen molar-refractivity contribution in [3.8, 4) is 0 Å².